The highest BCUT2D eigenvalue weighted by atomic mass is 16.5. The molecule has 3 aromatic carbocycles. The van der Waals surface area contributed by atoms with Gasteiger partial charge in [0.05, 0.1) is 17.9 Å². The van der Waals surface area contributed by atoms with Crippen molar-refractivity contribution in [1.29, 1.82) is 0 Å². The number of para-hydroxylation sites is 2. The van der Waals surface area contributed by atoms with Crippen molar-refractivity contribution in [3.8, 4) is 22.7 Å². The number of ketones is 1. The quantitative estimate of drug-likeness (QED) is 0.299. The van der Waals surface area contributed by atoms with E-state index in [9.17, 15) is 14.4 Å². The smallest absolute Gasteiger partial charge is 0.282 e. The van der Waals surface area contributed by atoms with Gasteiger partial charge in [0.1, 0.15) is 11.3 Å². The first-order chi connectivity index (χ1) is 18.0. The number of H-pyrrole nitrogens is 1. The van der Waals surface area contributed by atoms with Gasteiger partial charge in [-0.05, 0) is 36.6 Å². The third-order valence-electron chi connectivity index (χ3n) is 6.13. The van der Waals surface area contributed by atoms with E-state index in [1.165, 1.54) is 9.58 Å². The van der Waals surface area contributed by atoms with Crippen molar-refractivity contribution in [1.82, 2.24) is 14.7 Å². The Bertz CT molecular complexity index is 1410. The van der Waals surface area contributed by atoms with E-state index < -0.39 is 11.3 Å². The number of carbonyl (C=O) groups excluding carboxylic acids is 2. The summed E-state index contributed by atoms with van der Waals surface area (Å²) < 4.78 is 7.04. The van der Waals surface area contributed by atoms with E-state index >= 15 is 0 Å². The first-order valence-corrected chi connectivity index (χ1v) is 12.5. The van der Waals surface area contributed by atoms with Crippen LogP contribution in [0.25, 0.3) is 16.9 Å². The number of amides is 1. The Labute approximate surface area is 216 Å². The topological polar surface area (TPSA) is 84.4 Å². The molecule has 1 amide bonds. The number of aromatic amines is 1. The fourth-order valence-corrected chi connectivity index (χ4v) is 4.27. The second kappa shape index (κ2) is 12.0. The Morgan fingerprint density at radius 2 is 1.54 bits per heavy atom. The van der Waals surface area contributed by atoms with Crippen molar-refractivity contribution in [3.63, 3.8) is 0 Å². The van der Waals surface area contributed by atoms with Gasteiger partial charge < -0.3 is 9.64 Å². The largest absolute Gasteiger partial charge is 0.484 e. The highest BCUT2D eigenvalue weighted by Crippen LogP contribution is 2.23. The molecular weight excluding hydrogens is 466 g/mol. The average Bonchev–Trinajstić information content (AvgIpc) is 3.29. The Balaban J connectivity index is 1.67. The molecule has 0 spiro atoms. The molecule has 4 rings (SSSR count). The van der Waals surface area contributed by atoms with Gasteiger partial charge in [-0.3, -0.25) is 19.5 Å². The molecule has 0 atom stereocenters. The van der Waals surface area contributed by atoms with Gasteiger partial charge in [0.15, 0.2) is 12.4 Å². The number of aryl methyl sites for hydroxylation is 1. The number of benzene rings is 3. The molecular formula is C30H31N3O4. The van der Waals surface area contributed by atoms with Gasteiger partial charge in [0.25, 0.3) is 11.5 Å². The Hall–Kier alpha value is -4.39. The van der Waals surface area contributed by atoms with E-state index in [-0.39, 0.29) is 24.6 Å². The van der Waals surface area contributed by atoms with Crippen LogP contribution in [0.4, 0.5) is 0 Å². The second-order valence-electron chi connectivity index (χ2n) is 8.69. The molecule has 0 saturated heterocycles. The second-order valence-corrected chi connectivity index (χ2v) is 8.69. The van der Waals surface area contributed by atoms with Crippen LogP contribution in [0.1, 0.15) is 36.2 Å². The van der Waals surface area contributed by atoms with Gasteiger partial charge in [-0.25, -0.2) is 4.68 Å². The molecule has 0 unspecified atom stereocenters. The zero-order chi connectivity index (χ0) is 26.2. The third-order valence-corrected chi connectivity index (χ3v) is 6.13. The normalized spacial score (nSPS) is 10.8. The van der Waals surface area contributed by atoms with Crippen LogP contribution in [0.15, 0.2) is 89.7 Å². The minimum Gasteiger partial charge on any atom is -0.484 e. The van der Waals surface area contributed by atoms with Crippen molar-refractivity contribution in [2.24, 2.45) is 0 Å². The molecule has 1 heterocycles. The zero-order valence-electron chi connectivity index (χ0n) is 21.1. The molecule has 0 aliphatic carbocycles. The number of nitrogens with zero attached hydrogens (tertiary/aromatic N) is 2. The lowest BCUT2D eigenvalue weighted by Crippen LogP contribution is -2.40. The van der Waals surface area contributed by atoms with Crippen LogP contribution in [0, 0.1) is 0 Å². The van der Waals surface area contributed by atoms with E-state index in [4.69, 9.17) is 4.74 Å². The first-order valence-electron chi connectivity index (χ1n) is 12.5. The number of hydrogen-bond donors (Lipinski definition) is 1. The van der Waals surface area contributed by atoms with Gasteiger partial charge in [0, 0.05) is 12.1 Å². The lowest BCUT2D eigenvalue weighted by Gasteiger charge is -2.21. The molecule has 0 fully saturated rings. The maximum atomic E-state index is 13.7. The predicted octanol–water partition coefficient (Wildman–Crippen LogP) is 4.90. The summed E-state index contributed by atoms with van der Waals surface area (Å²) in [6, 6.07) is 25.9. The molecule has 7 nitrogen and oxygen atoms in total. The molecule has 4 aromatic rings. The molecule has 0 aliphatic heterocycles. The molecule has 190 valence electrons. The maximum absolute atomic E-state index is 13.7. The minimum atomic E-state index is -0.436. The number of rotatable bonds is 11. The van der Waals surface area contributed by atoms with Crippen molar-refractivity contribution in [2.45, 2.75) is 26.7 Å². The zero-order valence-corrected chi connectivity index (χ0v) is 21.1. The van der Waals surface area contributed by atoms with Crippen LogP contribution >= 0.6 is 0 Å². The summed E-state index contributed by atoms with van der Waals surface area (Å²) in [7, 11) is 0. The lowest BCUT2D eigenvalue weighted by atomic mass is 10.0. The Kier molecular flexibility index (Phi) is 8.36. The maximum Gasteiger partial charge on any atom is 0.282 e. The summed E-state index contributed by atoms with van der Waals surface area (Å²) in [5.74, 6) is -0.157. The van der Waals surface area contributed by atoms with Crippen molar-refractivity contribution in [3.05, 3.63) is 106 Å². The van der Waals surface area contributed by atoms with E-state index in [0.29, 0.717) is 30.1 Å². The number of aromatic nitrogens is 2. The fourth-order valence-electron chi connectivity index (χ4n) is 4.27. The highest BCUT2D eigenvalue weighted by molar-refractivity contribution is 6.04. The Morgan fingerprint density at radius 3 is 2.22 bits per heavy atom. The van der Waals surface area contributed by atoms with Crippen LogP contribution in [0.5, 0.6) is 5.75 Å². The van der Waals surface area contributed by atoms with E-state index in [1.54, 1.807) is 12.1 Å². The number of hydrogen-bond acceptors (Lipinski definition) is 4. The monoisotopic (exact) mass is 497 g/mol. The fraction of sp³-hybridized carbons (Fsp3) is 0.233. The van der Waals surface area contributed by atoms with Crippen molar-refractivity contribution in [2.75, 3.05) is 19.7 Å². The molecule has 0 radical (unpaired) electrons. The van der Waals surface area contributed by atoms with Crippen LogP contribution in [0.3, 0.4) is 0 Å². The molecule has 0 bridgehead atoms. The average molecular weight is 498 g/mol. The first kappa shape index (κ1) is 25.7. The van der Waals surface area contributed by atoms with E-state index in [0.717, 1.165) is 17.5 Å². The predicted molar refractivity (Wildman–Crippen MR) is 144 cm³/mol. The van der Waals surface area contributed by atoms with Gasteiger partial charge in [-0.15, -0.1) is 0 Å². The summed E-state index contributed by atoms with van der Waals surface area (Å²) in [4.78, 5) is 41.8. The molecule has 1 aromatic heterocycles. The SMILES string of the molecule is CCCN(CC(=O)c1c(-c2ccccc2)[nH]n(-c2ccccc2CC)c1=O)C(=O)COc1ccccc1. The summed E-state index contributed by atoms with van der Waals surface area (Å²) in [5.41, 5.74) is 2.43. The Morgan fingerprint density at radius 1 is 0.892 bits per heavy atom. The van der Waals surface area contributed by atoms with Gasteiger partial charge in [-0.1, -0.05) is 80.6 Å². The summed E-state index contributed by atoms with van der Waals surface area (Å²) in [5, 5.41) is 3.17. The molecule has 7 heteroatoms. The number of nitrogens with one attached hydrogen (secondary N) is 1. The van der Waals surface area contributed by atoms with E-state index in [1.807, 2.05) is 86.6 Å². The van der Waals surface area contributed by atoms with Gasteiger partial charge in [0.2, 0.25) is 0 Å². The lowest BCUT2D eigenvalue weighted by molar-refractivity contribution is -0.132. The van der Waals surface area contributed by atoms with Gasteiger partial charge >= 0.3 is 0 Å². The number of carbonyl (C=O) groups is 2. The summed E-state index contributed by atoms with van der Waals surface area (Å²) in [6.07, 6.45) is 1.39. The molecule has 1 N–H and O–H groups in total. The number of Topliss-reactive ketones (excluding diaryl/α,β-unsaturated/α-hetero) is 1. The van der Waals surface area contributed by atoms with Gasteiger partial charge in [-0.2, -0.15) is 0 Å². The molecule has 0 saturated carbocycles. The van der Waals surface area contributed by atoms with E-state index in [2.05, 4.69) is 5.10 Å². The molecule has 0 aliphatic rings. The third kappa shape index (κ3) is 5.89. The summed E-state index contributed by atoms with van der Waals surface area (Å²) in [6.45, 7) is 3.92. The molecule has 37 heavy (non-hydrogen) atoms. The van der Waals surface area contributed by atoms with Crippen LogP contribution < -0.4 is 10.3 Å². The summed E-state index contributed by atoms with van der Waals surface area (Å²) >= 11 is 0. The number of ether oxygens (including phenoxy) is 1. The highest BCUT2D eigenvalue weighted by Gasteiger charge is 2.26. The van der Waals surface area contributed by atoms with Crippen molar-refractivity contribution < 1.29 is 14.3 Å². The van der Waals surface area contributed by atoms with Crippen molar-refractivity contribution >= 4 is 11.7 Å². The van der Waals surface area contributed by atoms with Crippen LogP contribution in [-0.4, -0.2) is 46.1 Å². The minimum absolute atomic E-state index is 0.0370. The van der Waals surface area contributed by atoms with Crippen LogP contribution in [0.2, 0.25) is 0 Å². The van der Waals surface area contributed by atoms with Crippen LogP contribution in [-0.2, 0) is 11.2 Å². The standard InChI is InChI=1S/C30H31N3O4/c1-3-19-32(27(35)21-37-24-16-9-6-10-17-24)20-26(34)28-29(23-14-7-5-8-15-23)31-33(30(28)36)25-18-12-11-13-22(25)4-2/h5-18,31H,3-4,19-21H2,1-2H3.